The van der Waals surface area contributed by atoms with E-state index in [9.17, 15) is 18.0 Å². The highest BCUT2D eigenvalue weighted by Gasteiger charge is 2.45. The second-order valence-corrected chi connectivity index (χ2v) is 4.12. The maximum Gasteiger partial charge on any atom is 0.408 e. The van der Waals surface area contributed by atoms with Gasteiger partial charge in [-0.05, 0) is 18.8 Å². The summed E-state index contributed by atoms with van der Waals surface area (Å²) in [7, 11) is 0. The van der Waals surface area contributed by atoms with E-state index in [1.54, 1.807) is 0 Å². The number of hydrogen-bond donors (Lipinski definition) is 1. The van der Waals surface area contributed by atoms with E-state index in [4.69, 9.17) is 0 Å². The van der Waals surface area contributed by atoms with E-state index in [1.165, 1.54) is 0 Å². The topological polar surface area (TPSA) is 29.1 Å². The summed E-state index contributed by atoms with van der Waals surface area (Å²) in [6, 6.07) is -1.66. The summed E-state index contributed by atoms with van der Waals surface area (Å²) in [5.41, 5.74) is 0. The SMILES string of the molecule is CC(=O)N[C@@H](C1CCCCC1)C(F)(F)F. The number of alkyl halides is 3. The van der Waals surface area contributed by atoms with Crippen molar-refractivity contribution in [3.05, 3.63) is 0 Å². The maximum absolute atomic E-state index is 12.7. The van der Waals surface area contributed by atoms with Gasteiger partial charge in [0.25, 0.3) is 0 Å². The Bertz CT molecular complexity index is 221. The van der Waals surface area contributed by atoms with Gasteiger partial charge >= 0.3 is 6.18 Å². The van der Waals surface area contributed by atoms with Crippen molar-refractivity contribution in [3.8, 4) is 0 Å². The zero-order valence-electron chi connectivity index (χ0n) is 8.73. The lowest BCUT2D eigenvalue weighted by molar-refractivity contribution is -0.174. The van der Waals surface area contributed by atoms with Crippen LogP contribution in [-0.4, -0.2) is 18.1 Å². The lowest BCUT2D eigenvalue weighted by Crippen LogP contribution is -2.50. The summed E-state index contributed by atoms with van der Waals surface area (Å²) >= 11 is 0. The molecule has 0 aromatic rings. The standard InChI is InChI=1S/C10H16F3NO/c1-7(15)14-9(10(11,12)13)8-5-3-2-4-6-8/h8-9H,2-6H2,1H3,(H,14,15)/t9-/m0/s1. The van der Waals surface area contributed by atoms with Crippen LogP contribution in [-0.2, 0) is 4.79 Å². The average molecular weight is 223 g/mol. The zero-order valence-corrected chi connectivity index (χ0v) is 8.73. The Hall–Kier alpha value is -0.740. The van der Waals surface area contributed by atoms with E-state index < -0.39 is 24.0 Å². The first kappa shape index (κ1) is 12.3. The Morgan fingerprint density at radius 1 is 1.27 bits per heavy atom. The highest BCUT2D eigenvalue weighted by Crippen LogP contribution is 2.34. The molecule has 1 amide bonds. The maximum atomic E-state index is 12.7. The summed E-state index contributed by atoms with van der Waals surface area (Å²) in [6.45, 7) is 1.13. The lowest BCUT2D eigenvalue weighted by Gasteiger charge is -2.31. The summed E-state index contributed by atoms with van der Waals surface area (Å²) < 4.78 is 38.0. The first-order chi connectivity index (χ1) is 6.91. The van der Waals surface area contributed by atoms with Crippen molar-refractivity contribution in [2.75, 3.05) is 0 Å². The number of halogens is 3. The van der Waals surface area contributed by atoms with E-state index in [-0.39, 0.29) is 0 Å². The highest BCUT2D eigenvalue weighted by molar-refractivity contribution is 5.73. The Balaban J connectivity index is 2.66. The molecule has 0 spiro atoms. The molecule has 0 aliphatic heterocycles. The molecule has 88 valence electrons. The molecule has 0 radical (unpaired) electrons. The molecule has 0 bridgehead atoms. The van der Waals surface area contributed by atoms with Crippen molar-refractivity contribution in [3.63, 3.8) is 0 Å². The van der Waals surface area contributed by atoms with Gasteiger partial charge in [0, 0.05) is 6.92 Å². The van der Waals surface area contributed by atoms with Crippen molar-refractivity contribution >= 4 is 5.91 Å². The van der Waals surface area contributed by atoms with E-state index in [0.29, 0.717) is 12.8 Å². The van der Waals surface area contributed by atoms with Gasteiger partial charge in [0.15, 0.2) is 0 Å². The van der Waals surface area contributed by atoms with Gasteiger partial charge in [0.05, 0.1) is 0 Å². The minimum atomic E-state index is -4.33. The fourth-order valence-electron chi connectivity index (χ4n) is 2.15. The van der Waals surface area contributed by atoms with Crippen LogP contribution >= 0.6 is 0 Å². The van der Waals surface area contributed by atoms with Gasteiger partial charge in [-0.3, -0.25) is 4.79 Å². The number of carbonyl (C=O) groups excluding carboxylic acids is 1. The molecule has 1 saturated carbocycles. The molecule has 0 saturated heterocycles. The van der Waals surface area contributed by atoms with Gasteiger partial charge < -0.3 is 5.32 Å². The molecule has 0 aromatic carbocycles. The molecule has 0 aromatic heterocycles. The van der Waals surface area contributed by atoms with Crippen LogP contribution in [0.15, 0.2) is 0 Å². The van der Waals surface area contributed by atoms with Crippen molar-refractivity contribution in [1.82, 2.24) is 5.32 Å². The molecule has 1 atom stereocenters. The van der Waals surface area contributed by atoms with E-state index >= 15 is 0 Å². The Kier molecular flexibility index (Phi) is 3.99. The minimum absolute atomic E-state index is 0.442. The van der Waals surface area contributed by atoms with Gasteiger partial charge in [-0.15, -0.1) is 0 Å². The predicted molar refractivity (Wildman–Crippen MR) is 50.2 cm³/mol. The minimum Gasteiger partial charge on any atom is -0.344 e. The molecule has 5 heteroatoms. The third-order valence-corrected chi connectivity index (χ3v) is 2.83. The highest BCUT2D eigenvalue weighted by atomic mass is 19.4. The van der Waals surface area contributed by atoms with Crippen LogP contribution in [0.25, 0.3) is 0 Å². The zero-order chi connectivity index (χ0) is 11.5. The van der Waals surface area contributed by atoms with Gasteiger partial charge in [-0.2, -0.15) is 13.2 Å². The molecule has 1 fully saturated rings. The molecule has 0 unspecified atom stereocenters. The van der Waals surface area contributed by atoms with Gasteiger partial charge in [-0.25, -0.2) is 0 Å². The molecule has 0 heterocycles. The van der Waals surface area contributed by atoms with Crippen LogP contribution in [0.2, 0.25) is 0 Å². The first-order valence-electron chi connectivity index (χ1n) is 5.25. The van der Waals surface area contributed by atoms with E-state index in [1.807, 2.05) is 5.32 Å². The average Bonchev–Trinajstić information content (AvgIpc) is 2.14. The summed E-state index contributed by atoms with van der Waals surface area (Å²) in [6.07, 6.45) is -0.544. The third kappa shape index (κ3) is 3.72. The number of rotatable bonds is 2. The van der Waals surface area contributed by atoms with Crippen molar-refractivity contribution in [1.29, 1.82) is 0 Å². The largest absolute Gasteiger partial charge is 0.408 e. The molecule has 1 N–H and O–H groups in total. The van der Waals surface area contributed by atoms with Crippen molar-refractivity contribution < 1.29 is 18.0 Å². The van der Waals surface area contributed by atoms with Crippen molar-refractivity contribution in [2.24, 2.45) is 5.92 Å². The second-order valence-electron chi connectivity index (χ2n) is 4.12. The second kappa shape index (κ2) is 4.86. The first-order valence-corrected chi connectivity index (χ1v) is 5.25. The molecule has 1 aliphatic carbocycles. The van der Waals surface area contributed by atoms with Gasteiger partial charge in [-0.1, -0.05) is 19.3 Å². The van der Waals surface area contributed by atoms with Crippen LogP contribution < -0.4 is 5.32 Å². The summed E-state index contributed by atoms with van der Waals surface area (Å²) in [5.74, 6) is -1.05. The quantitative estimate of drug-likeness (QED) is 0.766. The number of hydrogen-bond acceptors (Lipinski definition) is 1. The molecular weight excluding hydrogens is 207 g/mol. The van der Waals surface area contributed by atoms with Crippen LogP contribution in [0.4, 0.5) is 13.2 Å². The fraction of sp³-hybridized carbons (Fsp3) is 0.900. The summed E-state index contributed by atoms with van der Waals surface area (Å²) in [4.78, 5) is 10.7. The van der Waals surface area contributed by atoms with E-state index in [0.717, 1.165) is 26.2 Å². The van der Waals surface area contributed by atoms with Gasteiger partial charge in [0.2, 0.25) is 5.91 Å². The summed E-state index contributed by atoms with van der Waals surface area (Å²) in [5, 5.41) is 2.03. The Labute approximate surface area is 87.2 Å². The fourth-order valence-corrected chi connectivity index (χ4v) is 2.15. The monoisotopic (exact) mass is 223 g/mol. The predicted octanol–water partition coefficient (Wildman–Crippen LogP) is 2.63. The van der Waals surface area contributed by atoms with Gasteiger partial charge in [0.1, 0.15) is 6.04 Å². The molecule has 1 aliphatic rings. The smallest absolute Gasteiger partial charge is 0.344 e. The normalized spacial score (nSPS) is 21.1. The molecule has 1 rings (SSSR count). The number of carbonyl (C=O) groups is 1. The number of amides is 1. The molecule has 15 heavy (non-hydrogen) atoms. The van der Waals surface area contributed by atoms with Crippen LogP contribution in [0.5, 0.6) is 0 Å². The Morgan fingerprint density at radius 2 is 1.80 bits per heavy atom. The van der Waals surface area contributed by atoms with Crippen molar-refractivity contribution in [2.45, 2.75) is 51.2 Å². The van der Waals surface area contributed by atoms with Crippen LogP contribution in [0.3, 0.4) is 0 Å². The van der Waals surface area contributed by atoms with Crippen LogP contribution in [0, 0.1) is 5.92 Å². The Morgan fingerprint density at radius 3 is 2.20 bits per heavy atom. The number of nitrogens with one attached hydrogen (secondary N) is 1. The van der Waals surface area contributed by atoms with Crippen LogP contribution in [0.1, 0.15) is 39.0 Å². The molecule has 2 nitrogen and oxygen atoms in total. The third-order valence-electron chi connectivity index (χ3n) is 2.83. The lowest BCUT2D eigenvalue weighted by atomic mass is 9.83. The molecular formula is C10H16F3NO. The van der Waals surface area contributed by atoms with E-state index in [2.05, 4.69) is 0 Å².